The lowest BCUT2D eigenvalue weighted by atomic mass is 10.1. The molecule has 7 nitrogen and oxygen atoms in total. The number of carboxylic acids is 2. The first kappa shape index (κ1) is 20.4. The molecule has 0 saturated carbocycles. The average molecular weight is 372 g/mol. The second-order valence-electron chi connectivity index (χ2n) is 6.20. The summed E-state index contributed by atoms with van der Waals surface area (Å²) in [5.41, 5.74) is -0.234. The summed E-state index contributed by atoms with van der Waals surface area (Å²) in [6.45, 7) is 2.85. The molecule has 144 valence electrons. The molecule has 0 bridgehead atoms. The second kappa shape index (κ2) is 10.3. The molecule has 1 aromatic heterocycles. The maximum absolute atomic E-state index is 11.2. The van der Waals surface area contributed by atoms with E-state index in [1.807, 2.05) is 0 Å². The van der Waals surface area contributed by atoms with Gasteiger partial charge in [-0.2, -0.15) is 0 Å². The molecule has 1 heterocycles. The lowest BCUT2D eigenvalue weighted by Gasteiger charge is -2.08. The Hall–Kier alpha value is -2.96. The van der Waals surface area contributed by atoms with Gasteiger partial charge in [0, 0.05) is 5.56 Å². The Morgan fingerprint density at radius 2 is 1.56 bits per heavy atom. The standard InChI is InChI=1S/C20H24N2O5/c1-2-3-4-5-6-7-12-27-15-10-8-14(9-11-15)16-13-21-17(19(23)24)18(22-16)20(25)26/h8-11,13H,2-7,12H2,1H3,(H,23,24)(H,25,26). The van der Waals surface area contributed by atoms with Crippen molar-refractivity contribution in [1.82, 2.24) is 9.97 Å². The fraction of sp³-hybridized carbons (Fsp3) is 0.400. The van der Waals surface area contributed by atoms with E-state index in [9.17, 15) is 9.59 Å². The highest BCUT2D eigenvalue weighted by atomic mass is 16.5. The molecule has 2 rings (SSSR count). The van der Waals surface area contributed by atoms with Crippen LogP contribution < -0.4 is 4.74 Å². The molecule has 1 aromatic carbocycles. The first-order valence-corrected chi connectivity index (χ1v) is 9.09. The zero-order valence-corrected chi connectivity index (χ0v) is 15.4. The molecule has 2 aromatic rings. The van der Waals surface area contributed by atoms with Gasteiger partial charge in [0.1, 0.15) is 5.75 Å². The number of carbonyl (C=O) groups is 2. The number of ether oxygens (including phenoxy) is 1. The molecule has 0 spiro atoms. The van der Waals surface area contributed by atoms with Crippen LogP contribution in [0.25, 0.3) is 11.3 Å². The molecule has 0 aliphatic rings. The lowest BCUT2D eigenvalue weighted by Crippen LogP contribution is -2.13. The van der Waals surface area contributed by atoms with Crippen LogP contribution >= 0.6 is 0 Å². The van der Waals surface area contributed by atoms with Gasteiger partial charge in [-0.25, -0.2) is 19.6 Å². The van der Waals surface area contributed by atoms with Gasteiger partial charge in [-0.05, 0) is 30.7 Å². The SMILES string of the molecule is CCCCCCCCOc1ccc(-c2cnc(C(=O)O)c(C(=O)O)n2)cc1. The number of hydrogen-bond acceptors (Lipinski definition) is 5. The van der Waals surface area contributed by atoms with Crippen molar-refractivity contribution in [3.63, 3.8) is 0 Å². The minimum atomic E-state index is -1.43. The predicted molar refractivity (Wildman–Crippen MR) is 100 cm³/mol. The van der Waals surface area contributed by atoms with Gasteiger partial charge in [0.05, 0.1) is 18.5 Å². The van der Waals surface area contributed by atoms with Crippen LogP contribution in [-0.4, -0.2) is 38.7 Å². The van der Waals surface area contributed by atoms with Crippen LogP contribution in [0.5, 0.6) is 5.75 Å². The van der Waals surface area contributed by atoms with Crippen molar-refractivity contribution >= 4 is 11.9 Å². The molecule has 0 atom stereocenters. The summed E-state index contributed by atoms with van der Waals surface area (Å²) in [6, 6.07) is 7.04. The van der Waals surface area contributed by atoms with E-state index in [0.717, 1.165) is 18.6 Å². The van der Waals surface area contributed by atoms with E-state index < -0.39 is 23.3 Å². The molecule has 0 radical (unpaired) electrons. The van der Waals surface area contributed by atoms with Gasteiger partial charge >= 0.3 is 11.9 Å². The van der Waals surface area contributed by atoms with E-state index in [2.05, 4.69) is 16.9 Å². The highest BCUT2D eigenvalue weighted by molar-refractivity contribution is 5.99. The molecule has 7 heteroatoms. The Morgan fingerprint density at radius 1 is 0.926 bits per heavy atom. The third kappa shape index (κ3) is 6.06. The van der Waals surface area contributed by atoms with Crippen LogP contribution in [-0.2, 0) is 0 Å². The average Bonchev–Trinajstić information content (AvgIpc) is 2.67. The summed E-state index contributed by atoms with van der Waals surface area (Å²) < 4.78 is 5.71. The van der Waals surface area contributed by atoms with E-state index in [0.29, 0.717) is 17.9 Å². The van der Waals surface area contributed by atoms with Crippen molar-refractivity contribution in [3.05, 3.63) is 41.9 Å². The van der Waals surface area contributed by atoms with Crippen molar-refractivity contribution in [3.8, 4) is 17.0 Å². The Balaban J connectivity index is 1.96. The third-order valence-electron chi connectivity index (χ3n) is 4.09. The fourth-order valence-corrected chi connectivity index (χ4v) is 2.63. The van der Waals surface area contributed by atoms with Gasteiger partial charge in [0.2, 0.25) is 0 Å². The number of benzene rings is 1. The molecule has 27 heavy (non-hydrogen) atoms. The largest absolute Gasteiger partial charge is 0.494 e. The number of carboxylic acid groups (broad SMARTS) is 2. The van der Waals surface area contributed by atoms with Crippen molar-refractivity contribution in [1.29, 1.82) is 0 Å². The van der Waals surface area contributed by atoms with Gasteiger partial charge in [-0.3, -0.25) is 0 Å². The molecular formula is C20H24N2O5. The fourth-order valence-electron chi connectivity index (χ4n) is 2.63. The van der Waals surface area contributed by atoms with Crippen LogP contribution in [0.4, 0.5) is 0 Å². The molecule has 0 unspecified atom stereocenters. The Bertz CT molecular complexity index is 774. The zero-order valence-electron chi connectivity index (χ0n) is 15.4. The topological polar surface area (TPSA) is 110 Å². The summed E-state index contributed by atoms with van der Waals surface area (Å²) in [5, 5.41) is 18.1. The number of nitrogens with zero attached hydrogens (tertiary/aromatic N) is 2. The van der Waals surface area contributed by atoms with Gasteiger partial charge < -0.3 is 14.9 Å². The predicted octanol–water partition coefficient (Wildman–Crippen LogP) is 4.28. The van der Waals surface area contributed by atoms with Gasteiger partial charge in [-0.1, -0.05) is 39.0 Å². The third-order valence-corrected chi connectivity index (χ3v) is 4.09. The van der Waals surface area contributed by atoms with Crippen molar-refractivity contribution < 1.29 is 24.5 Å². The molecule has 0 saturated heterocycles. The number of rotatable bonds is 11. The minimum absolute atomic E-state index is 0.292. The van der Waals surface area contributed by atoms with Gasteiger partial charge in [0.15, 0.2) is 11.4 Å². The van der Waals surface area contributed by atoms with E-state index >= 15 is 0 Å². The molecule has 0 aliphatic carbocycles. The summed E-state index contributed by atoms with van der Waals surface area (Å²) in [4.78, 5) is 29.9. The monoisotopic (exact) mass is 372 g/mol. The maximum Gasteiger partial charge on any atom is 0.357 e. The highest BCUT2D eigenvalue weighted by Crippen LogP contribution is 2.21. The number of hydrogen-bond donors (Lipinski definition) is 2. The number of aromatic carboxylic acids is 2. The highest BCUT2D eigenvalue weighted by Gasteiger charge is 2.20. The molecule has 0 aliphatic heterocycles. The Kier molecular flexibility index (Phi) is 7.73. The normalized spacial score (nSPS) is 10.6. The zero-order chi connectivity index (χ0) is 19.6. The van der Waals surface area contributed by atoms with Crippen LogP contribution in [0.3, 0.4) is 0 Å². The number of aromatic nitrogens is 2. The quantitative estimate of drug-likeness (QED) is 0.566. The van der Waals surface area contributed by atoms with Crippen molar-refractivity contribution in [2.45, 2.75) is 45.4 Å². The van der Waals surface area contributed by atoms with E-state index in [4.69, 9.17) is 14.9 Å². The first-order valence-electron chi connectivity index (χ1n) is 9.09. The van der Waals surface area contributed by atoms with Gasteiger partial charge in [0.25, 0.3) is 0 Å². The van der Waals surface area contributed by atoms with Crippen molar-refractivity contribution in [2.75, 3.05) is 6.61 Å². The van der Waals surface area contributed by atoms with Crippen LogP contribution in [0.15, 0.2) is 30.5 Å². The summed E-state index contributed by atoms with van der Waals surface area (Å²) in [7, 11) is 0. The molecular weight excluding hydrogens is 348 g/mol. The summed E-state index contributed by atoms with van der Waals surface area (Å²) >= 11 is 0. The van der Waals surface area contributed by atoms with Crippen molar-refractivity contribution in [2.24, 2.45) is 0 Å². The van der Waals surface area contributed by atoms with E-state index in [-0.39, 0.29) is 0 Å². The Morgan fingerprint density at radius 3 is 2.19 bits per heavy atom. The summed E-state index contributed by atoms with van der Waals surface area (Å²) in [6.07, 6.45) is 8.43. The van der Waals surface area contributed by atoms with Crippen LogP contribution in [0.1, 0.15) is 66.4 Å². The van der Waals surface area contributed by atoms with Gasteiger partial charge in [-0.15, -0.1) is 0 Å². The molecule has 0 fully saturated rings. The lowest BCUT2D eigenvalue weighted by molar-refractivity contribution is 0.0641. The van der Waals surface area contributed by atoms with Crippen LogP contribution in [0, 0.1) is 0 Å². The minimum Gasteiger partial charge on any atom is -0.494 e. The van der Waals surface area contributed by atoms with Crippen LogP contribution in [0.2, 0.25) is 0 Å². The van der Waals surface area contributed by atoms with E-state index in [1.165, 1.54) is 31.9 Å². The summed E-state index contributed by atoms with van der Waals surface area (Å²) in [5.74, 6) is -2.13. The smallest absolute Gasteiger partial charge is 0.357 e. The first-order chi connectivity index (χ1) is 13.0. The molecule has 0 amide bonds. The maximum atomic E-state index is 11.2. The number of unbranched alkanes of at least 4 members (excludes halogenated alkanes) is 5. The Labute approximate surface area is 158 Å². The molecule has 2 N–H and O–H groups in total. The van der Waals surface area contributed by atoms with E-state index in [1.54, 1.807) is 24.3 Å². The second-order valence-corrected chi connectivity index (χ2v) is 6.20.